The number of rotatable bonds is 3. The molecule has 1 rings (SSSR count). The van der Waals surface area contributed by atoms with Crippen LogP contribution in [0.2, 0.25) is 0 Å². The molecule has 0 aliphatic rings. The van der Waals surface area contributed by atoms with Gasteiger partial charge in [0, 0.05) is 12.4 Å². The number of carbonyl (C=O) groups is 1. The highest BCUT2D eigenvalue weighted by molar-refractivity contribution is 5.95. The number of carbonyl (C=O) groups excluding carboxylic acids is 1. The number of nitroso groups, excluding NO2 is 1. The first-order valence-corrected chi connectivity index (χ1v) is 5.11. The second-order valence-electron chi connectivity index (χ2n) is 4.38. The highest BCUT2D eigenvalue weighted by Crippen LogP contribution is 2.18. The van der Waals surface area contributed by atoms with Crippen LogP contribution in [0.3, 0.4) is 0 Å². The maximum absolute atomic E-state index is 11.6. The first kappa shape index (κ1) is 13.8. The highest BCUT2D eigenvalue weighted by Gasteiger charge is 2.25. The quantitative estimate of drug-likeness (QED) is 0.380. The molecule has 1 N–H and O–H groups in total. The van der Waals surface area contributed by atoms with Gasteiger partial charge in [-0.1, -0.05) is 0 Å². The fraction of sp³-hybridized carbons (Fsp3) is 0.364. The van der Waals surface area contributed by atoms with Crippen LogP contribution in [-0.2, 0) is 9.53 Å². The molecule has 7 heteroatoms. The van der Waals surface area contributed by atoms with E-state index in [1.165, 1.54) is 18.6 Å². The minimum absolute atomic E-state index is 0.0297. The summed E-state index contributed by atoms with van der Waals surface area (Å²) in [4.78, 5) is 29.7. The van der Waals surface area contributed by atoms with Crippen molar-refractivity contribution >= 4 is 11.7 Å². The zero-order valence-corrected chi connectivity index (χ0v) is 10.2. The number of aliphatic hydroxyl groups excluding tert-OH is 1. The van der Waals surface area contributed by atoms with Crippen molar-refractivity contribution in [2.45, 2.75) is 26.4 Å². The minimum atomic E-state index is -1.01. The molecule has 1 aromatic rings. The Kier molecular flexibility index (Phi) is 4.09. The molecule has 0 radical (unpaired) electrons. The van der Waals surface area contributed by atoms with Gasteiger partial charge in [-0.05, 0) is 25.9 Å². The number of nitrogens with zero attached hydrogens (tertiary/aromatic N) is 3. The van der Waals surface area contributed by atoms with Gasteiger partial charge < -0.3 is 9.84 Å². The molecule has 0 amide bonds. The highest BCUT2D eigenvalue weighted by atomic mass is 16.6. The van der Waals surface area contributed by atoms with Gasteiger partial charge >= 0.3 is 5.97 Å². The molecule has 0 bridgehead atoms. The summed E-state index contributed by atoms with van der Waals surface area (Å²) in [6.45, 7) is 4.89. The van der Waals surface area contributed by atoms with Crippen LogP contribution in [0.4, 0.5) is 0 Å². The van der Waals surface area contributed by atoms with Crippen molar-refractivity contribution in [2.75, 3.05) is 0 Å². The minimum Gasteiger partial charge on any atom is -0.504 e. The molecule has 0 aliphatic heterocycles. The summed E-state index contributed by atoms with van der Waals surface area (Å²) in [5, 5.41) is 12.2. The van der Waals surface area contributed by atoms with Crippen LogP contribution in [0.1, 0.15) is 26.5 Å². The Morgan fingerprint density at radius 2 is 2.06 bits per heavy atom. The van der Waals surface area contributed by atoms with Crippen molar-refractivity contribution in [1.29, 1.82) is 0 Å². The molecule has 18 heavy (non-hydrogen) atoms. The van der Waals surface area contributed by atoms with Gasteiger partial charge in [-0.15, -0.1) is 4.91 Å². The first-order chi connectivity index (χ1) is 8.35. The number of ether oxygens (including phenoxy) is 1. The monoisotopic (exact) mass is 251 g/mol. The third-order valence-corrected chi connectivity index (χ3v) is 1.71. The number of hydrogen-bond donors (Lipinski definition) is 1. The van der Waals surface area contributed by atoms with Gasteiger partial charge in [0.05, 0.1) is 6.20 Å². The smallest absolute Gasteiger partial charge is 0.365 e. The molecule has 0 saturated carbocycles. The fourth-order valence-electron chi connectivity index (χ4n) is 1.05. The van der Waals surface area contributed by atoms with Gasteiger partial charge in [-0.2, -0.15) is 0 Å². The summed E-state index contributed by atoms with van der Waals surface area (Å²) in [6.07, 6.45) is 3.90. The molecule has 1 aromatic heterocycles. The number of hydrogen-bond acceptors (Lipinski definition) is 7. The molecule has 7 nitrogen and oxygen atoms in total. The molecule has 0 aromatic carbocycles. The maximum Gasteiger partial charge on any atom is 0.365 e. The maximum atomic E-state index is 11.6. The van der Waals surface area contributed by atoms with E-state index in [1.54, 1.807) is 20.8 Å². The van der Waals surface area contributed by atoms with Crippen molar-refractivity contribution < 1.29 is 14.6 Å². The number of esters is 1. The average molecular weight is 251 g/mol. The Morgan fingerprint density at radius 3 is 2.50 bits per heavy atom. The SMILES string of the molecule is CC(C)(C)OC(=O)C(N=O)=C(O)c1cnccn1. The van der Waals surface area contributed by atoms with Crippen molar-refractivity contribution in [3.05, 3.63) is 34.9 Å². The lowest BCUT2D eigenvalue weighted by atomic mass is 10.2. The lowest BCUT2D eigenvalue weighted by Crippen LogP contribution is -2.25. The van der Waals surface area contributed by atoms with E-state index in [1.807, 2.05) is 0 Å². The van der Waals surface area contributed by atoms with Gasteiger partial charge in [0.15, 0.2) is 5.76 Å². The van der Waals surface area contributed by atoms with E-state index in [-0.39, 0.29) is 5.69 Å². The molecule has 0 aliphatic carbocycles. The van der Waals surface area contributed by atoms with Crippen LogP contribution in [0.5, 0.6) is 0 Å². The standard InChI is InChI=1S/C11H13N3O4/c1-11(2,3)18-10(16)8(14-17)9(15)7-6-12-4-5-13-7/h4-6,15H,1-3H3. The summed E-state index contributed by atoms with van der Waals surface area (Å²) in [5.74, 6) is -1.67. The second kappa shape index (κ2) is 5.35. The Hall–Kier alpha value is -2.31. The van der Waals surface area contributed by atoms with E-state index in [0.717, 1.165) is 0 Å². The van der Waals surface area contributed by atoms with Gasteiger partial charge in [0.1, 0.15) is 11.3 Å². The molecule has 96 valence electrons. The molecular weight excluding hydrogens is 238 g/mol. The van der Waals surface area contributed by atoms with Gasteiger partial charge in [0.2, 0.25) is 5.70 Å². The number of aliphatic hydroxyl groups is 1. The summed E-state index contributed by atoms with van der Waals surface area (Å²) in [6, 6.07) is 0. The Bertz CT molecular complexity index is 477. The van der Waals surface area contributed by atoms with Crippen LogP contribution in [0, 0.1) is 4.91 Å². The Labute approximate surface area is 103 Å². The lowest BCUT2D eigenvalue weighted by Gasteiger charge is -2.18. The zero-order valence-electron chi connectivity index (χ0n) is 10.2. The molecule has 0 saturated heterocycles. The third kappa shape index (κ3) is 3.62. The van der Waals surface area contributed by atoms with Crippen molar-refractivity contribution in [2.24, 2.45) is 5.18 Å². The molecule has 1 heterocycles. The fourth-order valence-corrected chi connectivity index (χ4v) is 1.05. The summed E-state index contributed by atoms with van der Waals surface area (Å²) < 4.78 is 4.93. The molecule has 0 fully saturated rings. The molecule has 0 spiro atoms. The largest absolute Gasteiger partial charge is 0.504 e. The third-order valence-electron chi connectivity index (χ3n) is 1.71. The van der Waals surface area contributed by atoms with Gasteiger partial charge in [-0.25, -0.2) is 9.78 Å². The molecule has 0 atom stereocenters. The van der Waals surface area contributed by atoms with Crippen molar-refractivity contribution in [1.82, 2.24) is 9.97 Å². The van der Waals surface area contributed by atoms with Crippen LogP contribution < -0.4 is 0 Å². The van der Waals surface area contributed by atoms with E-state index in [2.05, 4.69) is 15.1 Å². The van der Waals surface area contributed by atoms with E-state index in [4.69, 9.17) is 4.74 Å². The first-order valence-electron chi connectivity index (χ1n) is 5.11. The van der Waals surface area contributed by atoms with Gasteiger partial charge in [-0.3, -0.25) is 4.98 Å². The Balaban J connectivity index is 3.09. The average Bonchev–Trinajstić information content (AvgIpc) is 2.28. The summed E-state index contributed by atoms with van der Waals surface area (Å²) in [7, 11) is 0. The summed E-state index contributed by atoms with van der Waals surface area (Å²) in [5.41, 5.74) is -1.56. The molecular formula is C11H13N3O4. The van der Waals surface area contributed by atoms with E-state index in [9.17, 15) is 14.8 Å². The van der Waals surface area contributed by atoms with Crippen LogP contribution in [-0.4, -0.2) is 26.6 Å². The summed E-state index contributed by atoms with van der Waals surface area (Å²) >= 11 is 0. The molecule has 0 unspecified atom stereocenters. The topological polar surface area (TPSA) is 102 Å². The van der Waals surface area contributed by atoms with E-state index in [0.29, 0.717) is 0 Å². The predicted molar refractivity (Wildman–Crippen MR) is 63.2 cm³/mol. The van der Waals surface area contributed by atoms with Crippen molar-refractivity contribution in [3.63, 3.8) is 0 Å². The van der Waals surface area contributed by atoms with E-state index >= 15 is 0 Å². The Morgan fingerprint density at radius 1 is 1.39 bits per heavy atom. The van der Waals surface area contributed by atoms with Gasteiger partial charge in [0.25, 0.3) is 0 Å². The van der Waals surface area contributed by atoms with E-state index < -0.39 is 23.0 Å². The number of aromatic nitrogens is 2. The normalized spacial score (nSPS) is 12.6. The van der Waals surface area contributed by atoms with Crippen LogP contribution in [0.15, 0.2) is 29.5 Å². The predicted octanol–water partition coefficient (Wildman–Crippen LogP) is 1.81. The van der Waals surface area contributed by atoms with Crippen molar-refractivity contribution in [3.8, 4) is 0 Å². The van der Waals surface area contributed by atoms with Crippen LogP contribution >= 0.6 is 0 Å². The lowest BCUT2D eigenvalue weighted by molar-refractivity contribution is -0.149. The van der Waals surface area contributed by atoms with Crippen LogP contribution in [0.25, 0.3) is 5.76 Å². The zero-order chi connectivity index (χ0) is 13.8. The second-order valence-corrected chi connectivity index (χ2v) is 4.38.